The van der Waals surface area contributed by atoms with Crippen LogP contribution in [-0.2, 0) is 9.59 Å². The number of hydrogen-bond acceptors (Lipinski definition) is 2. The molecule has 0 saturated heterocycles. The molecule has 1 fully saturated rings. The lowest BCUT2D eigenvalue weighted by Gasteiger charge is -2.14. The van der Waals surface area contributed by atoms with Gasteiger partial charge in [0.1, 0.15) is 0 Å². The van der Waals surface area contributed by atoms with Gasteiger partial charge in [-0.2, -0.15) is 0 Å². The largest absolute Gasteiger partial charge is 0.479 e. The van der Waals surface area contributed by atoms with E-state index >= 15 is 0 Å². The monoisotopic (exact) mass is 297 g/mol. The Morgan fingerprint density at radius 3 is 2.35 bits per heavy atom. The summed E-state index contributed by atoms with van der Waals surface area (Å²) >= 11 is 3.28. The van der Waals surface area contributed by atoms with Crippen molar-refractivity contribution in [2.75, 3.05) is 0 Å². The van der Waals surface area contributed by atoms with E-state index in [1.807, 2.05) is 0 Å². The number of carbonyl (C=O) groups excluding carboxylic acids is 1. The van der Waals surface area contributed by atoms with Crippen molar-refractivity contribution >= 4 is 27.8 Å². The summed E-state index contributed by atoms with van der Waals surface area (Å²) in [4.78, 5) is 22.7. The Kier molecular flexibility index (Phi) is 3.47. The SMILES string of the molecule is O=C(NC(C(=O)O)c1ccc(Br)cc1)C1CC1. The van der Waals surface area contributed by atoms with Gasteiger partial charge >= 0.3 is 5.97 Å². The number of carbonyl (C=O) groups is 2. The number of carboxylic acids is 1. The minimum Gasteiger partial charge on any atom is -0.479 e. The molecule has 2 rings (SSSR count). The lowest BCUT2D eigenvalue weighted by molar-refractivity contribution is -0.142. The van der Waals surface area contributed by atoms with E-state index in [1.54, 1.807) is 24.3 Å². The smallest absolute Gasteiger partial charge is 0.330 e. The van der Waals surface area contributed by atoms with Crippen LogP contribution in [0.4, 0.5) is 0 Å². The van der Waals surface area contributed by atoms with Crippen molar-refractivity contribution in [3.63, 3.8) is 0 Å². The third kappa shape index (κ3) is 3.06. The van der Waals surface area contributed by atoms with Crippen LogP contribution in [-0.4, -0.2) is 17.0 Å². The second-order valence-electron chi connectivity index (χ2n) is 4.11. The van der Waals surface area contributed by atoms with E-state index < -0.39 is 12.0 Å². The van der Waals surface area contributed by atoms with Crippen LogP contribution >= 0.6 is 15.9 Å². The molecule has 90 valence electrons. The highest BCUT2D eigenvalue weighted by Crippen LogP contribution is 2.30. The zero-order valence-electron chi connectivity index (χ0n) is 9.02. The predicted molar refractivity (Wildman–Crippen MR) is 65.4 cm³/mol. The fourth-order valence-corrected chi connectivity index (χ4v) is 1.81. The molecule has 5 heteroatoms. The summed E-state index contributed by atoms with van der Waals surface area (Å²) in [7, 11) is 0. The second kappa shape index (κ2) is 4.87. The number of aliphatic carboxylic acids is 1. The Labute approximate surface area is 107 Å². The van der Waals surface area contributed by atoms with E-state index in [0.29, 0.717) is 5.56 Å². The highest BCUT2D eigenvalue weighted by Gasteiger charge is 2.33. The summed E-state index contributed by atoms with van der Waals surface area (Å²) in [6, 6.07) is 5.94. The van der Waals surface area contributed by atoms with Crippen molar-refractivity contribution in [1.82, 2.24) is 5.32 Å². The molecule has 1 aromatic carbocycles. The molecule has 0 heterocycles. The van der Waals surface area contributed by atoms with Gasteiger partial charge in [-0.3, -0.25) is 4.79 Å². The van der Waals surface area contributed by atoms with E-state index in [1.165, 1.54) is 0 Å². The summed E-state index contributed by atoms with van der Waals surface area (Å²) in [6.07, 6.45) is 1.72. The van der Waals surface area contributed by atoms with Crippen LogP contribution in [0.25, 0.3) is 0 Å². The summed E-state index contributed by atoms with van der Waals surface area (Å²) < 4.78 is 0.874. The lowest BCUT2D eigenvalue weighted by Crippen LogP contribution is -2.34. The quantitative estimate of drug-likeness (QED) is 0.894. The first-order valence-electron chi connectivity index (χ1n) is 5.36. The fourth-order valence-electron chi connectivity index (χ4n) is 1.55. The summed E-state index contributed by atoms with van der Waals surface area (Å²) in [5.74, 6) is -1.20. The number of carboxylic acid groups (broad SMARTS) is 1. The first-order valence-corrected chi connectivity index (χ1v) is 6.16. The zero-order chi connectivity index (χ0) is 12.4. The molecule has 0 spiro atoms. The number of benzene rings is 1. The molecule has 17 heavy (non-hydrogen) atoms. The molecule has 1 aliphatic carbocycles. The van der Waals surface area contributed by atoms with Gasteiger partial charge in [-0.1, -0.05) is 28.1 Å². The second-order valence-corrected chi connectivity index (χ2v) is 5.02. The average Bonchev–Trinajstić information content (AvgIpc) is 3.10. The van der Waals surface area contributed by atoms with Crippen LogP contribution in [0.1, 0.15) is 24.4 Å². The predicted octanol–water partition coefficient (Wildman–Crippen LogP) is 2.10. The van der Waals surface area contributed by atoms with Gasteiger partial charge in [0.25, 0.3) is 0 Å². The summed E-state index contributed by atoms with van der Waals surface area (Å²) in [5, 5.41) is 11.7. The van der Waals surface area contributed by atoms with Crippen LogP contribution in [0, 0.1) is 5.92 Å². The summed E-state index contributed by atoms with van der Waals surface area (Å²) in [6.45, 7) is 0. The molecule has 0 aliphatic heterocycles. The van der Waals surface area contributed by atoms with Crippen LogP contribution in [0.5, 0.6) is 0 Å². The van der Waals surface area contributed by atoms with Crippen molar-refractivity contribution in [2.24, 2.45) is 5.92 Å². The Balaban J connectivity index is 2.13. The topological polar surface area (TPSA) is 66.4 Å². The molecule has 1 aliphatic rings. The molecule has 1 atom stereocenters. The third-order valence-electron chi connectivity index (χ3n) is 2.69. The maximum absolute atomic E-state index is 11.6. The number of nitrogens with one attached hydrogen (secondary N) is 1. The maximum atomic E-state index is 11.6. The van der Waals surface area contributed by atoms with Crippen LogP contribution < -0.4 is 5.32 Å². The Morgan fingerprint density at radius 2 is 1.88 bits per heavy atom. The van der Waals surface area contributed by atoms with Crippen LogP contribution in [0.15, 0.2) is 28.7 Å². The Morgan fingerprint density at radius 1 is 1.29 bits per heavy atom. The minimum absolute atomic E-state index is 0.00676. The molecule has 2 N–H and O–H groups in total. The van der Waals surface area contributed by atoms with Gasteiger partial charge in [0.05, 0.1) is 0 Å². The molecule has 1 aromatic rings. The van der Waals surface area contributed by atoms with Gasteiger partial charge in [-0.15, -0.1) is 0 Å². The molecular formula is C12H12BrNO3. The average molecular weight is 298 g/mol. The van der Waals surface area contributed by atoms with E-state index in [2.05, 4.69) is 21.2 Å². The number of halogens is 1. The number of amides is 1. The van der Waals surface area contributed by atoms with Crippen molar-refractivity contribution in [1.29, 1.82) is 0 Å². The van der Waals surface area contributed by atoms with Gasteiger partial charge in [-0.25, -0.2) is 4.79 Å². The summed E-state index contributed by atoms with van der Waals surface area (Å²) in [5.41, 5.74) is 0.578. The first-order chi connectivity index (χ1) is 8.08. The normalized spacial score (nSPS) is 16.3. The van der Waals surface area contributed by atoms with Crippen molar-refractivity contribution < 1.29 is 14.7 Å². The van der Waals surface area contributed by atoms with E-state index in [-0.39, 0.29) is 11.8 Å². The molecule has 1 unspecified atom stereocenters. The van der Waals surface area contributed by atoms with Gasteiger partial charge in [0.15, 0.2) is 6.04 Å². The third-order valence-corrected chi connectivity index (χ3v) is 3.21. The standard InChI is InChI=1S/C12H12BrNO3/c13-9-5-3-7(4-6-9)10(12(16)17)14-11(15)8-1-2-8/h3-6,8,10H,1-2H2,(H,14,15)(H,16,17). The maximum Gasteiger partial charge on any atom is 0.330 e. The lowest BCUT2D eigenvalue weighted by atomic mass is 10.1. The van der Waals surface area contributed by atoms with Gasteiger partial charge in [0, 0.05) is 10.4 Å². The van der Waals surface area contributed by atoms with Gasteiger partial charge in [-0.05, 0) is 30.5 Å². The Bertz CT molecular complexity index is 440. The molecule has 1 saturated carbocycles. The van der Waals surface area contributed by atoms with Crippen LogP contribution in [0.2, 0.25) is 0 Å². The number of hydrogen-bond donors (Lipinski definition) is 2. The van der Waals surface area contributed by atoms with Crippen molar-refractivity contribution in [3.8, 4) is 0 Å². The minimum atomic E-state index is -1.04. The molecule has 0 aromatic heterocycles. The Hall–Kier alpha value is -1.36. The molecule has 4 nitrogen and oxygen atoms in total. The van der Waals surface area contributed by atoms with E-state index in [9.17, 15) is 9.59 Å². The van der Waals surface area contributed by atoms with E-state index in [4.69, 9.17) is 5.11 Å². The molecule has 1 amide bonds. The highest BCUT2D eigenvalue weighted by atomic mass is 79.9. The van der Waals surface area contributed by atoms with Gasteiger partial charge in [0.2, 0.25) is 5.91 Å². The van der Waals surface area contributed by atoms with Crippen LogP contribution in [0.3, 0.4) is 0 Å². The number of rotatable bonds is 4. The highest BCUT2D eigenvalue weighted by molar-refractivity contribution is 9.10. The molecule has 0 radical (unpaired) electrons. The van der Waals surface area contributed by atoms with Crippen molar-refractivity contribution in [2.45, 2.75) is 18.9 Å². The van der Waals surface area contributed by atoms with E-state index in [0.717, 1.165) is 17.3 Å². The molecule has 0 bridgehead atoms. The van der Waals surface area contributed by atoms with Crippen molar-refractivity contribution in [3.05, 3.63) is 34.3 Å². The zero-order valence-corrected chi connectivity index (χ0v) is 10.6. The molecular weight excluding hydrogens is 286 g/mol. The van der Waals surface area contributed by atoms with Gasteiger partial charge < -0.3 is 10.4 Å². The fraction of sp³-hybridized carbons (Fsp3) is 0.333. The first kappa shape index (κ1) is 12.1.